The summed E-state index contributed by atoms with van der Waals surface area (Å²) in [5.74, 6) is -4.76. The van der Waals surface area contributed by atoms with Crippen LogP contribution in [0.1, 0.15) is 11.7 Å². The number of esters is 1. The summed E-state index contributed by atoms with van der Waals surface area (Å²) in [4.78, 5) is 10.9. The van der Waals surface area contributed by atoms with Crippen molar-refractivity contribution in [1.82, 2.24) is 0 Å². The normalized spacial score (nSPS) is 12.3. The molecule has 0 heterocycles. The van der Waals surface area contributed by atoms with Gasteiger partial charge in [-0.3, -0.25) is 0 Å². The lowest BCUT2D eigenvalue weighted by molar-refractivity contribution is -0.151. The molecule has 0 aliphatic carbocycles. The molecule has 1 aromatic rings. The second kappa shape index (κ2) is 4.63. The molecule has 0 aliphatic heterocycles. The maximum atomic E-state index is 13.4. The van der Waals surface area contributed by atoms with Crippen LogP contribution in [0.5, 0.6) is 5.75 Å². The molecule has 0 radical (unpaired) electrons. The van der Waals surface area contributed by atoms with Crippen LogP contribution in [0.3, 0.4) is 0 Å². The SMILES string of the molecule is COC(=O)C(O)c1c(F)cc(O)c(Cl)c1F. The van der Waals surface area contributed by atoms with Gasteiger partial charge in [0.15, 0.2) is 11.9 Å². The summed E-state index contributed by atoms with van der Waals surface area (Å²) in [7, 11) is 0.948. The van der Waals surface area contributed by atoms with Gasteiger partial charge in [0.2, 0.25) is 0 Å². The Labute approximate surface area is 94.0 Å². The van der Waals surface area contributed by atoms with Gasteiger partial charge in [-0.15, -0.1) is 0 Å². The van der Waals surface area contributed by atoms with Crippen LogP contribution in [0, 0.1) is 11.6 Å². The Kier molecular flexibility index (Phi) is 3.66. The maximum absolute atomic E-state index is 13.4. The summed E-state index contributed by atoms with van der Waals surface area (Å²) in [6.45, 7) is 0. The van der Waals surface area contributed by atoms with E-state index in [0.29, 0.717) is 6.07 Å². The summed E-state index contributed by atoms with van der Waals surface area (Å²) in [5.41, 5.74) is -0.963. The minimum Gasteiger partial charge on any atom is -0.506 e. The van der Waals surface area contributed by atoms with Crippen LogP contribution >= 0.6 is 11.6 Å². The lowest BCUT2D eigenvalue weighted by atomic mass is 10.1. The van der Waals surface area contributed by atoms with E-state index < -0.39 is 40.0 Å². The van der Waals surface area contributed by atoms with E-state index in [-0.39, 0.29) is 0 Å². The zero-order chi connectivity index (χ0) is 12.5. The van der Waals surface area contributed by atoms with Crippen LogP contribution in [-0.4, -0.2) is 23.3 Å². The first kappa shape index (κ1) is 12.7. The Bertz CT molecular complexity index is 436. The van der Waals surface area contributed by atoms with Crippen molar-refractivity contribution in [2.75, 3.05) is 7.11 Å². The third-order valence-corrected chi connectivity index (χ3v) is 2.23. The summed E-state index contributed by atoms with van der Waals surface area (Å²) in [6, 6.07) is 0.493. The van der Waals surface area contributed by atoms with Gasteiger partial charge in [0.25, 0.3) is 0 Å². The van der Waals surface area contributed by atoms with Crippen molar-refractivity contribution in [3.63, 3.8) is 0 Å². The number of carbonyl (C=O) groups is 1. The molecule has 0 aromatic heterocycles. The van der Waals surface area contributed by atoms with E-state index in [0.717, 1.165) is 7.11 Å². The summed E-state index contributed by atoms with van der Waals surface area (Å²) < 4.78 is 30.7. The van der Waals surface area contributed by atoms with Gasteiger partial charge in [0, 0.05) is 6.07 Å². The number of aliphatic hydroxyl groups excluding tert-OH is 1. The van der Waals surface area contributed by atoms with Crippen LogP contribution in [0.4, 0.5) is 8.78 Å². The molecule has 1 unspecified atom stereocenters. The first-order chi connectivity index (χ1) is 7.40. The Morgan fingerprint density at radius 2 is 2.12 bits per heavy atom. The van der Waals surface area contributed by atoms with Crippen molar-refractivity contribution >= 4 is 17.6 Å². The average molecular weight is 253 g/mol. The van der Waals surface area contributed by atoms with E-state index in [2.05, 4.69) is 4.74 Å². The van der Waals surface area contributed by atoms with Gasteiger partial charge in [-0.05, 0) is 0 Å². The maximum Gasteiger partial charge on any atom is 0.339 e. The van der Waals surface area contributed by atoms with Crippen LogP contribution in [-0.2, 0) is 9.53 Å². The van der Waals surface area contributed by atoms with Crippen molar-refractivity contribution in [2.24, 2.45) is 0 Å². The van der Waals surface area contributed by atoms with Gasteiger partial charge >= 0.3 is 5.97 Å². The molecule has 88 valence electrons. The number of hydrogen-bond acceptors (Lipinski definition) is 4. The molecule has 0 amide bonds. The highest BCUT2D eigenvalue weighted by atomic mass is 35.5. The number of carbonyl (C=O) groups excluding carboxylic acids is 1. The standard InChI is InChI=1S/C9H7ClF2O4/c1-16-9(15)8(14)5-3(11)2-4(13)6(10)7(5)12/h2,8,13-14H,1H3. The largest absolute Gasteiger partial charge is 0.506 e. The zero-order valence-electron chi connectivity index (χ0n) is 8.00. The second-order valence-corrected chi connectivity index (χ2v) is 3.22. The molecule has 0 saturated heterocycles. The average Bonchev–Trinajstić information content (AvgIpc) is 2.24. The summed E-state index contributed by atoms with van der Waals surface area (Å²) in [6.07, 6.45) is -2.14. The van der Waals surface area contributed by atoms with E-state index in [1.807, 2.05) is 0 Å². The number of aromatic hydroxyl groups is 1. The number of rotatable bonds is 2. The summed E-state index contributed by atoms with van der Waals surface area (Å²) >= 11 is 5.29. The van der Waals surface area contributed by atoms with Crippen LogP contribution < -0.4 is 0 Å². The molecule has 0 spiro atoms. The number of benzene rings is 1. The second-order valence-electron chi connectivity index (χ2n) is 2.84. The Morgan fingerprint density at radius 1 is 1.56 bits per heavy atom. The number of hydrogen-bond donors (Lipinski definition) is 2. The third kappa shape index (κ3) is 2.07. The Morgan fingerprint density at radius 3 is 2.62 bits per heavy atom. The van der Waals surface area contributed by atoms with E-state index in [1.54, 1.807) is 0 Å². The topological polar surface area (TPSA) is 66.8 Å². The fourth-order valence-electron chi connectivity index (χ4n) is 1.08. The van der Waals surface area contributed by atoms with Gasteiger partial charge in [0.1, 0.15) is 16.6 Å². The third-order valence-electron chi connectivity index (χ3n) is 1.87. The molecule has 0 saturated carbocycles. The predicted octanol–water partition coefficient (Wildman–Crippen LogP) is 1.53. The molecule has 4 nitrogen and oxygen atoms in total. The molecule has 2 N–H and O–H groups in total. The highest BCUT2D eigenvalue weighted by Gasteiger charge is 2.28. The van der Waals surface area contributed by atoms with Crippen LogP contribution in [0.25, 0.3) is 0 Å². The van der Waals surface area contributed by atoms with Crippen molar-refractivity contribution < 1.29 is 28.5 Å². The van der Waals surface area contributed by atoms with Gasteiger partial charge in [-0.25, -0.2) is 13.6 Å². The fourth-order valence-corrected chi connectivity index (χ4v) is 1.23. The predicted molar refractivity (Wildman–Crippen MR) is 50.0 cm³/mol. The molecule has 1 atom stereocenters. The van der Waals surface area contributed by atoms with E-state index in [9.17, 15) is 18.7 Å². The first-order valence-corrected chi connectivity index (χ1v) is 4.40. The van der Waals surface area contributed by atoms with Gasteiger partial charge in [-0.2, -0.15) is 0 Å². The minimum atomic E-state index is -2.14. The van der Waals surface area contributed by atoms with Gasteiger partial charge < -0.3 is 14.9 Å². The van der Waals surface area contributed by atoms with Crippen molar-refractivity contribution in [3.8, 4) is 5.75 Å². The van der Waals surface area contributed by atoms with Gasteiger partial charge in [0.05, 0.1) is 12.7 Å². The number of aliphatic hydroxyl groups is 1. The fraction of sp³-hybridized carbons (Fsp3) is 0.222. The van der Waals surface area contributed by atoms with Crippen molar-refractivity contribution in [2.45, 2.75) is 6.10 Å². The lowest BCUT2D eigenvalue weighted by Crippen LogP contribution is -2.16. The molecule has 1 rings (SSSR count). The number of halogens is 3. The molecule has 0 aliphatic rings. The molecular weight excluding hydrogens is 246 g/mol. The van der Waals surface area contributed by atoms with Crippen LogP contribution in [0.15, 0.2) is 6.07 Å². The molecule has 16 heavy (non-hydrogen) atoms. The van der Waals surface area contributed by atoms with Gasteiger partial charge in [-0.1, -0.05) is 11.6 Å². The first-order valence-electron chi connectivity index (χ1n) is 4.02. The number of phenolic OH excluding ortho intramolecular Hbond substituents is 1. The molecule has 0 bridgehead atoms. The highest BCUT2D eigenvalue weighted by molar-refractivity contribution is 6.32. The smallest absolute Gasteiger partial charge is 0.339 e. The van der Waals surface area contributed by atoms with Crippen molar-refractivity contribution in [3.05, 3.63) is 28.3 Å². The molecule has 7 heteroatoms. The highest BCUT2D eigenvalue weighted by Crippen LogP contribution is 2.33. The number of methoxy groups -OCH3 is 1. The number of phenols is 1. The zero-order valence-corrected chi connectivity index (χ0v) is 8.76. The Balaban J connectivity index is 3.34. The van der Waals surface area contributed by atoms with E-state index in [4.69, 9.17) is 16.7 Å². The van der Waals surface area contributed by atoms with Crippen molar-refractivity contribution in [1.29, 1.82) is 0 Å². The Hall–Kier alpha value is -1.40. The lowest BCUT2D eigenvalue weighted by Gasteiger charge is -2.12. The van der Waals surface area contributed by atoms with Crippen LogP contribution in [0.2, 0.25) is 5.02 Å². The minimum absolute atomic E-state index is 0.493. The van der Waals surface area contributed by atoms with E-state index in [1.165, 1.54) is 0 Å². The monoisotopic (exact) mass is 252 g/mol. The molecular formula is C9H7ClF2O4. The van der Waals surface area contributed by atoms with E-state index >= 15 is 0 Å². The summed E-state index contributed by atoms with van der Waals surface area (Å²) in [5, 5.41) is 17.5. The number of ether oxygens (including phenoxy) is 1. The quantitative estimate of drug-likeness (QED) is 0.619. The molecule has 1 aromatic carbocycles. The molecule has 0 fully saturated rings.